The van der Waals surface area contributed by atoms with Gasteiger partial charge in [-0.2, -0.15) is 0 Å². The van der Waals surface area contributed by atoms with Gasteiger partial charge in [-0.1, -0.05) is 5.16 Å². The summed E-state index contributed by atoms with van der Waals surface area (Å²) in [6.45, 7) is 6.06. The maximum atomic E-state index is 11.2. The maximum Gasteiger partial charge on any atom is 0.347 e. The third kappa shape index (κ3) is 3.70. The molecule has 0 aromatic carbocycles. The van der Waals surface area contributed by atoms with E-state index in [2.05, 4.69) is 17.1 Å². The molecule has 2 heterocycles. The Kier molecular flexibility index (Phi) is 4.99. The number of carbonyl (C=O) groups excluding carboxylic acids is 1. The molecule has 2 aliphatic rings. The molecule has 1 unspecified atom stereocenters. The van der Waals surface area contributed by atoms with Crippen LogP contribution in [0.1, 0.15) is 33.1 Å². The Bertz CT molecular complexity index is 375. The lowest BCUT2D eigenvalue weighted by molar-refractivity contribution is -0.148. The number of esters is 1. The van der Waals surface area contributed by atoms with Crippen molar-refractivity contribution in [1.29, 1.82) is 0 Å². The summed E-state index contributed by atoms with van der Waals surface area (Å²) in [6, 6.07) is 0. The van der Waals surface area contributed by atoms with Gasteiger partial charge < -0.3 is 19.2 Å². The van der Waals surface area contributed by atoms with Gasteiger partial charge in [0.25, 0.3) is 0 Å². The average Bonchev–Trinajstić information content (AvgIpc) is 2.71. The zero-order valence-corrected chi connectivity index (χ0v) is 12.6. The van der Waals surface area contributed by atoms with Crippen molar-refractivity contribution in [2.24, 2.45) is 5.16 Å². The molecule has 1 atom stereocenters. The van der Waals surface area contributed by atoms with Gasteiger partial charge in [0, 0.05) is 19.5 Å². The fourth-order valence-electron chi connectivity index (χ4n) is 2.76. The molecule has 0 saturated carbocycles. The molecule has 0 aromatic heterocycles. The first-order chi connectivity index (χ1) is 9.54. The minimum absolute atomic E-state index is 0.0411. The van der Waals surface area contributed by atoms with Gasteiger partial charge >= 0.3 is 5.97 Å². The Labute approximate surface area is 120 Å². The highest BCUT2D eigenvalue weighted by Crippen LogP contribution is 2.37. The minimum atomic E-state index is -0.391. The van der Waals surface area contributed by atoms with Crippen molar-refractivity contribution in [3.8, 4) is 0 Å². The summed E-state index contributed by atoms with van der Waals surface area (Å²) in [5.41, 5.74) is 0.803. The summed E-state index contributed by atoms with van der Waals surface area (Å²) in [5.74, 6) is -0.391. The lowest BCUT2D eigenvalue weighted by Gasteiger charge is -2.36. The third-order valence-corrected chi connectivity index (χ3v) is 3.97. The lowest BCUT2D eigenvalue weighted by Crippen LogP contribution is -2.42. The SMILES string of the molecule is CCOC(=O)CO/N=C1/CC2(CCN(C)CC2)OC1C. The van der Waals surface area contributed by atoms with Crippen molar-refractivity contribution in [3.63, 3.8) is 0 Å². The topological polar surface area (TPSA) is 60.4 Å². The van der Waals surface area contributed by atoms with E-state index in [1.165, 1.54) is 0 Å². The maximum absolute atomic E-state index is 11.2. The van der Waals surface area contributed by atoms with Crippen LogP contribution in [0.3, 0.4) is 0 Å². The number of hydrogen-bond donors (Lipinski definition) is 0. The molecule has 6 nitrogen and oxygen atoms in total. The lowest BCUT2D eigenvalue weighted by atomic mass is 9.88. The molecule has 0 radical (unpaired) electrons. The van der Waals surface area contributed by atoms with Gasteiger partial charge in [0.15, 0.2) is 0 Å². The first-order valence-electron chi connectivity index (χ1n) is 7.25. The van der Waals surface area contributed by atoms with E-state index in [1.54, 1.807) is 6.92 Å². The molecule has 20 heavy (non-hydrogen) atoms. The Morgan fingerprint density at radius 2 is 2.20 bits per heavy atom. The zero-order valence-electron chi connectivity index (χ0n) is 12.6. The first-order valence-corrected chi connectivity index (χ1v) is 7.25. The second-order valence-electron chi connectivity index (χ2n) is 5.58. The van der Waals surface area contributed by atoms with Crippen LogP contribution < -0.4 is 0 Å². The highest BCUT2D eigenvalue weighted by molar-refractivity contribution is 5.90. The monoisotopic (exact) mass is 284 g/mol. The van der Waals surface area contributed by atoms with Crippen LogP contribution in [-0.4, -0.2) is 61.6 Å². The quantitative estimate of drug-likeness (QED) is 0.573. The summed E-state index contributed by atoms with van der Waals surface area (Å²) < 4.78 is 10.9. The van der Waals surface area contributed by atoms with Crippen LogP contribution in [0.15, 0.2) is 5.16 Å². The number of rotatable bonds is 4. The molecule has 6 heteroatoms. The van der Waals surface area contributed by atoms with Crippen molar-refractivity contribution >= 4 is 11.7 Å². The van der Waals surface area contributed by atoms with Crippen LogP contribution in [0.25, 0.3) is 0 Å². The van der Waals surface area contributed by atoms with E-state index >= 15 is 0 Å². The van der Waals surface area contributed by atoms with Gasteiger partial charge in [0.05, 0.1) is 24.0 Å². The number of hydrogen-bond acceptors (Lipinski definition) is 6. The van der Waals surface area contributed by atoms with E-state index in [0.717, 1.165) is 38.1 Å². The smallest absolute Gasteiger partial charge is 0.347 e. The summed E-state index contributed by atoms with van der Waals surface area (Å²) in [7, 11) is 2.13. The standard InChI is InChI=1S/C14H24N2O4/c1-4-18-13(17)10-19-15-12-9-14(20-11(12)2)5-7-16(3)8-6-14/h11H,4-10H2,1-3H3/b15-12-. The Morgan fingerprint density at radius 3 is 2.85 bits per heavy atom. The molecule has 0 bridgehead atoms. The molecular formula is C14H24N2O4. The summed E-state index contributed by atoms with van der Waals surface area (Å²) >= 11 is 0. The summed E-state index contributed by atoms with van der Waals surface area (Å²) in [5, 5.41) is 4.07. The first kappa shape index (κ1) is 15.3. The fraction of sp³-hybridized carbons (Fsp3) is 0.857. The molecule has 2 saturated heterocycles. The predicted molar refractivity (Wildman–Crippen MR) is 74.6 cm³/mol. The van der Waals surface area contributed by atoms with Crippen LogP contribution in [0.5, 0.6) is 0 Å². The van der Waals surface area contributed by atoms with Crippen molar-refractivity contribution in [1.82, 2.24) is 4.90 Å². The van der Waals surface area contributed by atoms with Crippen molar-refractivity contribution in [3.05, 3.63) is 0 Å². The molecule has 2 rings (SSSR count). The highest BCUT2D eigenvalue weighted by Gasteiger charge is 2.44. The number of piperidine rings is 1. The largest absolute Gasteiger partial charge is 0.463 e. The van der Waals surface area contributed by atoms with E-state index in [-0.39, 0.29) is 18.3 Å². The minimum Gasteiger partial charge on any atom is -0.463 e. The van der Waals surface area contributed by atoms with Gasteiger partial charge in [0.1, 0.15) is 0 Å². The van der Waals surface area contributed by atoms with Crippen molar-refractivity contribution in [2.45, 2.75) is 44.8 Å². The van der Waals surface area contributed by atoms with Crippen LogP contribution in [0, 0.1) is 0 Å². The summed E-state index contributed by atoms with van der Waals surface area (Å²) in [6.07, 6.45) is 2.79. The molecule has 0 amide bonds. The number of likely N-dealkylation sites (tertiary alicyclic amines) is 1. The second kappa shape index (κ2) is 6.54. The van der Waals surface area contributed by atoms with E-state index in [1.807, 2.05) is 6.92 Å². The molecule has 2 aliphatic heterocycles. The molecule has 114 valence electrons. The zero-order chi connectivity index (χ0) is 14.6. The van der Waals surface area contributed by atoms with Crippen LogP contribution >= 0.6 is 0 Å². The fourth-order valence-corrected chi connectivity index (χ4v) is 2.76. The molecule has 0 aromatic rings. The molecule has 0 aliphatic carbocycles. The van der Waals surface area contributed by atoms with Crippen LogP contribution in [-0.2, 0) is 19.1 Å². The van der Waals surface area contributed by atoms with Gasteiger partial charge in [-0.15, -0.1) is 0 Å². The number of carbonyl (C=O) groups is 1. The second-order valence-corrected chi connectivity index (χ2v) is 5.58. The third-order valence-electron chi connectivity index (χ3n) is 3.97. The molecule has 2 fully saturated rings. The average molecular weight is 284 g/mol. The molecular weight excluding hydrogens is 260 g/mol. The number of nitrogens with zero attached hydrogens (tertiary/aromatic N) is 2. The normalized spacial score (nSPS) is 27.9. The van der Waals surface area contributed by atoms with E-state index in [0.29, 0.717) is 6.61 Å². The Balaban J connectivity index is 1.85. The van der Waals surface area contributed by atoms with Crippen LogP contribution in [0.2, 0.25) is 0 Å². The number of ether oxygens (including phenoxy) is 2. The molecule has 0 N–H and O–H groups in total. The summed E-state index contributed by atoms with van der Waals surface area (Å²) in [4.78, 5) is 18.6. The van der Waals surface area contributed by atoms with E-state index < -0.39 is 5.97 Å². The van der Waals surface area contributed by atoms with Gasteiger partial charge in [-0.25, -0.2) is 4.79 Å². The van der Waals surface area contributed by atoms with E-state index in [9.17, 15) is 4.79 Å². The molecule has 1 spiro atoms. The van der Waals surface area contributed by atoms with Crippen LogP contribution in [0.4, 0.5) is 0 Å². The van der Waals surface area contributed by atoms with Gasteiger partial charge in [0.2, 0.25) is 6.61 Å². The van der Waals surface area contributed by atoms with Crippen molar-refractivity contribution < 1.29 is 19.1 Å². The van der Waals surface area contributed by atoms with Crippen molar-refractivity contribution in [2.75, 3.05) is 33.4 Å². The Morgan fingerprint density at radius 1 is 1.50 bits per heavy atom. The van der Waals surface area contributed by atoms with Gasteiger partial charge in [-0.05, 0) is 33.7 Å². The van der Waals surface area contributed by atoms with E-state index in [4.69, 9.17) is 14.3 Å². The van der Waals surface area contributed by atoms with Gasteiger partial charge in [-0.3, -0.25) is 0 Å². The number of oxime groups is 1. The Hall–Kier alpha value is -1.14. The highest BCUT2D eigenvalue weighted by atomic mass is 16.7. The predicted octanol–water partition coefficient (Wildman–Crippen LogP) is 1.20.